The molecular formula is C15H26N4. The maximum absolute atomic E-state index is 5.97. The van der Waals surface area contributed by atoms with Crippen LogP contribution in [-0.2, 0) is 6.42 Å². The third kappa shape index (κ3) is 3.37. The van der Waals surface area contributed by atoms with Crippen molar-refractivity contribution < 1.29 is 0 Å². The van der Waals surface area contributed by atoms with Gasteiger partial charge in [0.1, 0.15) is 17.5 Å². The Kier molecular flexibility index (Phi) is 4.27. The highest BCUT2D eigenvalue weighted by molar-refractivity contribution is 5.55. The van der Waals surface area contributed by atoms with Crippen LogP contribution in [0.4, 0.5) is 11.6 Å². The topological polar surface area (TPSA) is 63.8 Å². The smallest absolute Gasteiger partial charge is 0.134 e. The average molecular weight is 262 g/mol. The Morgan fingerprint density at radius 1 is 1.21 bits per heavy atom. The summed E-state index contributed by atoms with van der Waals surface area (Å²) in [6.45, 7) is 7.40. The second-order valence-corrected chi connectivity index (χ2v) is 5.85. The number of hydrogen-bond acceptors (Lipinski definition) is 4. The second kappa shape index (κ2) is 5.76. The van der Waals surface area contributed by atoms with E-state index in [1.54, 1.807) is 0 Å². The number of nitrogens with zero attached hydrogens (tertiary/aromatic N) is 2. The first-order chi connectivity index (χ1) is 9.10. The van der Waals surface area contributed by atoms with Gasteiger partial charge in [0.05, 0.1) is 0 Å². The fraction of sp³-hybridized carbons (Fsp3) is 0.733. The zero-order valence-electron chi connectivity index (χ0n) is 12.4. The van der Waals surface area contributed by atoms with Crippen LogP contribution < -0.4 is 11.1 Å². The van der Waals surface area contributed by atoms with Gasteiger partial charge in [0.25, 0.3) is 0 Å². The Morgan fingerprint density at radius 3 is 2.53 bits per heavy atom. The molecule has 2 rings (SSSR count). The number of nitrogens with one attached hydrogen (secondary N) is 1. The molecule has 0 amide bonds. The van der Waals surface area contributed by atoms with Crippen LogP contribution in [0.3, 0.4) is 0 Å². The summed E-state index contributed by atoms with van der Waals surface area (Å²) in [5.41, 5.74) is 7.47. The number of aryl methyl sites for hydroxylation is 1. The fourth-order valence-electron chi connectivity index (χ4n) is 2.58. The fourth-order valence-corrected chi connectivity index (χ4v) is 2.58. The number of rotatable bonds is 7. The minimum absolute atomic E-state index is 0.520. The van der Waals surface area contributed by atoms with Crippen molar-refractivity contribution >= 4 is 11.6 Å². The van der Waals surface area contributed by atoms with Gasteiger partial charge in [-0.15, -0.1) is 0 Å². The number of hydrogen-bond donors (Lipinski definition) is 2. The van der Waals surface area contributed by atoms with Crippen LogP contribution in [0.25, 0.3) is 0 Å². The molecular weight excluding hydrogens is 236 g/mol. The number of anilines is 2. The lowest BCUT2D eigenvalue weighted by Crippen LogP contribution is -2.18. The molecule has 1 aliphatic rings. The average Bonchev–Trinajstić information content (AvgIpc) is 3.13. The summed E-state index contributed by atoms with van der Waals surface area (Å²) >= 11 is 0. The maximum atomic E-state index is 5.97. The van der Waals surface area contributed by atoms with E-state index in [1.165, 1.54) is 25.7 Å². The molecule has 0 spiro atoms. The molecule has 1 aliphatic carbocycles. The molecule has 0 aromatic carbocycles. The zero-order chi connectivity index (χ0) is 13.9. The lowest BCUT2D eigenvalue weighted by atomic mass is 10.0. The molecule has 0 unspecified atom stereocenters. The molecule has 1 aromatic heterocycles. The third-order valence-corrected chi connectivity index (χ3v) is 4.07. The van der Waals surface area contributed by atoms with E-state index in [-0.39, 0.29) is 0 Å². The Bertz CT molecular complexity index is 438. The van der Waals surface area contributed by atoms with Gasteiger partial charge >= 0.3 is 0 Å². The van der Waals surface area contributed by atoms with Crippen molar-refractivity contribution in [3.8, 4) is 0 Å². The van der Waals surface area contributed by atoms with Crippen LogP contribution >= 0.6 is 0 Å². The SMILES string of the molecule is CCCc1nc(N)c(C)c(NCC2(CCC)CC2)n1. The molecule has 4 nitrogen and oxygen atoms in total. The van der Waals surface area contributed by atoms with Gasteiger partial charge in [0, 0.05) is 18.5 Å². The molecule has 1 heterocycles. The molecule has 0 aliphatic heterocycles. The molecule has 0 radical (unpaired) electrons. The molecule has 3 N–H and O–H groups in total. The third-order valence-electron chi connectivity index (χ3n) is 4.07. The van der Waals surface area contributed by atoms with E-state index in [4.69, 9.17) is 5.73 Å². The van der Waals surface area contributed by atoms with Gasteiger partial charge in [0.15, 0.2) is 0 Å². The normalized spacial score (nSPS) is 16.4. The van der Waals surface area contributed by atoms with E-state index in [0.29, 0.717) is 11.2 Å². The largest absolute Gasteiger partial charge is 0.383 e. The minimum atomic E-state index is 0.520. The molecule has 0 atom stereocenters. The first kappa shape index (κ1) is 14.1. The predicted octanol–water partition coefficient (Wildman–Crippen LogP) is 3.31. The highest BCUT2D eigenvalue weighted by atomic mass is 15.1. The van der Waals surface area contributed by atoms with Gasteiger partial charge in [0.2, 0.25) is 0 Å². The van der Waals surface area contributed by atoms with E-state index >= 15 is 0 Å². The Hall–Kier alpha value is -1.32. The van der Waals surface area contributed by atoms with Gasteiger partial charge < -0.3 is 11.1 Å². The van der Waals surface area contributed by atoms with E-state index in [1.807, 2.05) is 6.92 Å². The quantitative estimate of drug-likeness (QED) is 0.791. The Morgan fingerprint density at radius 2 is 1.95 bits per heavy atom. The van der Waals surface area contributed by atoms with E-state index in [2.05, 4.69) is 29.1 Å². The van der Waals surface area contributed by atoms with Crippen LogP contribution in [0.15, 0.2) is 0 Å². The van der Waals surface area contributed by atoms with Crippen LogP contribution in [0.2, 0.25) is 0 Å². The van der Waals surface area contributed by atoms with Crippen LogP contribution in [0.5, 0.6) is 0 Å². The first-order valence-corrected chi connectivity index (χ1v) is 7.47. The minimum Gasteiger partial charge on any atom is -0.383 e. The van der Waals surface area contributed by atoms with Gasteiger partial charge in [-0.25, -0.2) is 9.97 Å². The van der Waals surface area contributed by atoms with Crippen molar-refractivity contribution in [3.63, 3.8) is 0 Å². The van der Waals surface area contributed by atoms with Crippen LogP contribution in [-0.4, -0.2) is 16.5 Å². The van der Waals surface area contributed by atoms with Crippen molar-refractivity contribution in [1.29, 1.82) is 0 Å². The number of nitrogens with two attached hydrogens (primary N) is 1. The lowest BCUT2D eigenvalue weighted by molar-refractivity contribution is 0.485. The molecule has 1 saturated carbocycles. The zero-order valence-corrected chi connectivity index (χ0v) is 12.4. The standard InChI is InChI=1S/C15H26N4/c1-4-6-12-18-13(16)11(3)14(19-12)17-10-15(7-5-2)8-9-15/h4-10H2,1-3H3,(H3,16,17,18,19). The van der Waals surface area contributed by atoms with Crippen molar-refractivity contribution in [1.82, 2.24) is 9.97 Å². The maximum Gasteiger partial charge on any atom is 0.134 e. The molecule has 0 saturated heterocycles. The monoisotopic (exact) mass is 262 g/mol. The summed E-state index contributed by atoms with van der Waals surface area (Å²) in [6.07, 6.45) is 7.18. The van der Waals surface area contributed by atoms with Crippen LogP contribution in [0.1, 0.15) is 57.3 Å². The summed E-state index contributed by atoms with van der Waals surface area (Å²) < 4.78 is 0. The van der Waals surface area contributed by atoms with Crippen molar-refractivity contribution in [2.75, 3.05) is 17.6 Å². The van der Waals surface area contributed by atoms with E-state index in [0.717, 1.165) is 36.6 Å². The summed E-state index contributed by atoms with van der Waals surface area (Å²) in [5, 5.41) is 3.51. The number of aromatic nitrogens is 2. The highest BCUT2D eigenvalue weighted by Crippen LogP contribution is 2.49. The Balaban J connectivity index is 2.06. The first-order valence-electron chi connectivity index (χ1n) is 7.47. The lowest BCUT2D eigenvalue weighted by Gasteiger charge is -2.17. The molecule has 106 valence electrons. The van der Waals surface area contributed by atoms with Gasteiger partial charge in [-0.2, -0.15) is 0 Å². The molecule has 1 aromatic rings. The molecule has 0 bridgehead atoms. The molecule has 4 heteroatoms. The summed E-state index contributed by atoms with van der Waals surface area (Å²) in [5.74, 6) is 2.40. The summed E-state index contributed by atoms with van der Waals surface area (Å²) in [6, 6.07) is 0. The summed E-state index contributed by atoms with van der Waals surface area (Å²) in [7, 11) is 0. The second-order valence-electron chi connectivity index (χ2n) is 5.85. The van der Waals surface area contributed by atoms with Gasteiger partial charge in [-0.3, -0.25) is 0 Å². The molecule has 19 heavy (non-hydrogen) atoms. The highest BCUT2D eigenvalue weighted by Gasteiger charge is 2.41. The van der Waals surface area contributed by atoms with E-state index in [9.17, 15) is 0 Å². The molecule has 1 fully saturated rings. The Labute approximate surface area is 116 Å². The van der Waals surface area contributed by atoms with E-state index < -0.39 is 0 Å². The number of nitrogen functional groups attached to an aromatic ring is 1. The van der Waals surface area contributed by atoms with Gasteiger partial charge in [-0.05, 0) is 38.0 Å². The van der Waals surface area contributed by atoms with Crippen molar-refractivity contribution in [2.24, 2.45) is 5.41 Å². The predicted molar refractivity (Wildman–Crippen MR) is 80.2 cm³/mol. The van der Waals surface area contributed by atoms with Crippen molar-refractivity contribution in [3.05, 3.63) is 11.4 Å². The van der Waals surface area contributed by atoms with Gasteiger partial charge in [-0.1, -0.05) is 20.3 Å². The summed E-state index contributed by atoms with van der Waals surface area (Å²) in [4.78, 5) is 8.96. The van der Waals surface area contributed by atoms with Crippen molar-refractivity contribution in [2.45, 2.75) is 59.3 Å². The van der Waals surface area contributed by atoms with Crippen LogP contribution in [0, 0.1) is 12.3 Å².